The van der Waals surface area contributed by atoms with Gasteiger partial charge in [0.25, 0.3) is 0 Å². The van der Waals surface area contributed by atoms with Crippen LogP contribution in [0.1, 0.15) is 11.7 Å². The molecule has 2 rings (SSSR count). The van der Waals surface area contributed by atoms with Crippen molar-refractivity contribution >= 4 is 5.97 Å². The molecule has 1 heterocycles. The minimum absolute atomic E-state index is 0.0631. The lowest BCUT2D eigenvalue weighted by atomic mass is 10.1. The number of methoxy groups -OCH3 is 1. The highest BCUT2D eigenvalue weighted by molar-refractivity contribution is 5.73. The molecule has 0 aliphatic carbocycles. The van der Waals surface area contributed by atoms with Crippen molar-refractivity contribution in [3.63, 3.8) is 0 Å². The van der Waals surface area contributed by atoms with E-state index in [-0.39, 0.29) is 18.5 Å². The van der Waals surface area contributed by atoms with E-state index in [1.165, 1.54) is 19.2 Å². The first-order chi connectivity index (χ1) is 8.61. The number of hydrogen-bond donors (Lipinski definition) is 2. The van der Waals surface area contributed by atoms with Crippen molar-refractivity contribution in [2.75, 3.05) is 20.3 Å². The molecule has 0 saturated carbocycles. The van der Waals surface area contributed by atoms with Gasteiger partial charge in [0.1, 0.15) is 6.04 Å². The number of nitrogens with one attached hydrogen (secondary N) is 1. The van der Waals surface area contributed by atoms with Crippen LogP contribution in [-0.4, -0.2) is 37.4 Å². The van der Waals surface area contributed by atoms with Gasteiger partial charge in [0.2, 0.25) is 0 Å². The molecule has 2 N–H and O–H groups in total. The summed E-state index contributed by atoms with van der Waals surface area (Å²) in [7, 11) is 1.40. The van der Waals surface area contributed by atoms with Crippen LogP contribution in [0.3, 0.4) is 0 Å². The molecule has 1 aliphatic rings. The van der Waals surface area contributed by atoms with Crippen LogP contribution < -0.4 is 10.1 Å². The highest BCUT2D eigenvalue weighted by Gasteiger charge is 2.27. The molecule has 1 fully saturated rings. The van der Waals surface area contributed by atoms with Gasteiger partial charge in [-0.1, -0.05) is 6.07 Å². The van der Waals surface area contributed by atoms with Gasteiger partial charge in [-0.2, -0.15) is 0 Å². The third-order valence-electron chi connectivity index (χ3n) is 2.86. The first-order valence-electron chi connectivity index (χ1n) is 5.53. The fraction of sp³-hybridized carbons (Fsp3) is 0.417. The second-order valence-electron chi connectivity index (χ2n) is 4.02. The van der Waals surface area contributed by atoms with E-state index in [9.17, 15) is 9.18 Å². The fourth-order valence-electron chi connectivity index (χ4n) is 1.84. The Morgan fingerprint density at radius 1 is 1.61 bits per heavy atom. The molecule has 0 spiro atoms. The van der Waals surface area contributed by atoms with Crippen LogP contribution in [0.4, 0.5) is 4.39 Å². The smallest absolute Gasteiger partial charge is 0.323 e. The minimum atomic E-state index is -0.950. The Balaban J connectivity index is 2.05. The number of halogens is 1. The number of hydrogen-bond acceptors (Lipinski definition) is 4. The molecule has 98 valence electrons. The standard InChI is InChI=1S/C12H14FNO4/c1-17-10-3-2-7(4-8(10)13)11-5-14-9(6-18-11)12(15)16/h2-4,9,11,14H,5-6H2,1H3,(H,15,16). The highest BCUT2D eigenvalue weighted by Crippen LogP contribution is 2.25. The lowest BCUT2D eigenvalue weighted by Gasteiger charge is -2.28. The van der Waals surface area contributed by atoms with Crippen molar-refractivity contribution < 1.29 is 23.8 Å². The summed E-state index contributed by atoms with van der Waals surface area (Å²) in [4.78, 5) is 10.7. The van der Waals surface area contributed by atoms with Crippen LogP contribution in [0.15, 0.2) is 18.2 Å². The summed E-state index contributed by atoms with van der Waals surface area (Å²) in [5.41, 5.74) is 0.657. The molecule has 1 aromatic rings. The topological polar surface area (TPSA) is 67.8 Å². The van der Waals surface area contributed by atoms with Crippen molar-refractivity contribution in [2.24, 2.45) is 0 Å². The van der Waals surface area contributed by atoms with Gasteiger partial charge in [-0.15, -0.1) is 0 Å². The van der Waals surface area contributed by atoms with E-state index in [1.54, 1.807) is 6.07 Å². The van der Waals surface area contributed by atoms with E-state index in [2.05, 4.69) is 5.32 Å². The average Bonchev–Trinajstić information content (AvgIpc) is 2.38. The molecule has 1 aliphatic heterocycles. The Labute approximate surface area is 104 Å². The van der Waals surface area contributed by atoms with E-state index in [0.29, 0.717) is 12.1 Å². The molecular weight excluding hydrogens is 241 g/mol. The molecule has 0 bridgehead atoms. The zero-order chi connectivity index (χ0) is 13.1. The van der Waals surface area contributed by atoms with Crippen molar-refractivity contribution in [3.05, 3.63) is 29.6 Å². The molecular formula is C12H14FNO4. The molecule has 2 unspecified atom stereocenters. The number of morpholine rings is 1. The Kier molecular flexibility index (Phi) is 3.78. The SMILES string of the molecule is COc1ccc(C2CNC(C(=O)O)CO2)cc1F. The van der Waals surface area contributed by atoms with Gasteiger partial charge in [0.15, 0.2) is 11.6 Å². The first-order valence-corrected chi connectivity index (χ1v) is 5.53. The number of ether oxygens (including phenoxy) is 2. The van der Waals surface area contributed by atoms with Gasteiger partial charge >= 0.3 is 5.97 Å². The van der Waals surface area contributed by atoms with Crippen LogP contribution in [-0.2, 0) is 9.53 Å². The Morgan fingerprint density at radius 3 is 2.89 bits per heavy atom. The number of carboxylic acids is 1. The van der Waals surface area contributed by atoms with E-state index in [0.717, 1.165) is 0 Å². The largest absolute Gasteiger partial charge is 0.494 e. The van der Waals surface area contributed by atoms with E-state index >= 15 is 0 Å². The number of aliphatic carboxylic acids is 1. The second-order valence-corrected chi connectivity index (χ2v) is 4.02. The van der Waals surface area contributed by atoms with Gasteiger partial charge < -0.3 is 14.6 Å². The lowest BCUT2D eigenvalue weighted by molar-refractivity contribution is -0.144. The predicted octanol–water partition coefficient (Wildman–Crippen LogP) is 0.948. The van der Waals surface area contributed by atoms with E-state index < -0.39 is 17.8 Å². The third kappa shape index (κ3) is 2.60. The molecule has 5 nitrogen and oxygen atoms in total. The van der Waals surface area contributed by atoms with Gasteiger partial charge in [-0.25, -0.2) is 4.39 Å². The predicted molar refractivity (Wildman–Crippen MR) is 61.1 cm³/mol. The van der Waals surface area contributed by atoms with Gasteiger partial charge in [-0.3, -0.25) is 10.1 Å². The number of rotatable bonds is 3. The quantitative estimate of drug-likeness (QED) is 0.841. The molecule has 1 aromatic carbocycles. The maximum Gasteiger partial charge on any atom is 0.323 e. The number of carbonyl (C=O) groups is 1. The molecule has 0 aromatic heterocycles. The molecule has 6 heteroatoms. The van der Waals surface area contributed by atoms with Gasteiger partial charge in [-0.05, 0) is 17.7 Å². The van der Waals surface area contributed by atoms with E-state index in [1.807, 2.05) is 0 Å². The summed E-state index contributed by atoms with van der Waals surface area (Å²) in [6, 6.07) is 3.86. The minimum Gasteiger partial charge on any atom is -0.494 e. The van der Waals surface area contributed by atoms with Crippen LogP contribution in [0.5, 0.6) is 5.75 Å². The average molecular weight is 255 g/mol. The van der Waals surface area contributed by atoms with E-state index in [4.69, 9.17) is 14.6 Å². The molecule has 0 radical (unpaired) electrons. The first kappa shape index (κ1) is 12.8. The van der Waals surface area contributed by atoms with Gasteiger partial charge in [0.05, 0.1) is 19.8 Å². The van der Waals surface area contributed by atoms with Crippen LogP contribution in [0, 0.1) is 5.82 Å². The highest BCUT2D eigenvalue weighted by atomic mass is 19.1. The molecule has 18 heavy (non-hydrogen) atoms. The second kappa shape index (κ2) is 5.32. The van der Waals surface area contributed by atoms with Crippen molar-refractivity contribution in [1.82, 2.24) is 5.32 Å². The van der Waals surface area contributed by atoms with Crippen LogP contribution in [0.2, 0.25) is 0 Å². The summed E-state index contributed by atoms with van der Waals surface area (Å²) < 4.78 is 23.8. The number of benzene rings is 1. The Morgan fingerprint density at radius 2 is 2.39 bits per heavy atom. The maximum atomic E-state index is 13.5. The summed E-state index contributed by atoms with van der Waals surface area (Å²) in [6.45, 7) is 0.399. The summed E-state index contributed by atoms with van der Waals surface area (Å²) in [5.74, 6) is -1.24. The monoisotopic (exact) mass is 255 g/mol. The lowest BCUT2D eigenvalue weighted by Crippen LogP contribution is -2.47. The van der Waals surface area contributed by atoms with Crippen LogP contribution in [0.25, 0.3) is 0 Å². The molecule has 1 saturated heterocycles. The van der Waals surface area contributed by atoms with Crippen LogP contribution >= 0.6 is 0 Å². The Bertz CT molecular complexity index is 444. The number of carboxylic acid groups (broad SMARTS) is 1. The zero-order valence-electron chi connectivity index (χ0n) is 9.85. The maximum absolute atomic E-state index is 13.5. The van der Waals surface area contributed by atoms with Crippen molar-refractivity contribution in [1.29, 1.82) is 0 Å². The van der Waals surface area contributed by atoms with Crippen molar-refractivity contribution in [3.8, 4) is 5.75 Å². The molecule has 2 atom stereocenters. The van der Waals surface area contributed by atoms with Crippen molar-refractivity contribution in [2.45, 2.75) is 12.1 Å². The van der Waals surface area contributed by atoms with Gasteiger partial charge in [0, 0.05) is 6.54 Å². The zero-order valence-corrected chi connectivity index (χ0v) is 9.85. The molecule has 0 amide bonds. The normalized spacial score (nSPS) is 23.7. The third-order valence-corrected chi connectivity index (χ3v) is 2.86. The Hall–Kier alpha value is -1.66. The summed E-state index contributed by atoms with van der Waals surface area (Å²) in [5, 5.41) is 11.6. The summed E-state index contributed by atoms with van der Waals surface area (Å²) in [6.07, 6.45) is -0.346. The summed E-state index contributed by atoms with van der Waals surface area (Å²) >= 11 is 0. The fourth-order valence-corrected chi connectivity index (χ4v) is 1.84.